The van der Waals surface area contributed by atoms with Gasteiger partial charge in [-0.05, 0) is 56.3 Å². The predicted octanol–water partition coefficient (Wildman–Crippen LogP) is 4.22. The number of benzene rings is 3. The Balaban J connectivity index is 1.53. The quantitative estimate of drug-likeness (QED) is 0.570. The first kappa shape index (κ1) is 17.7. The Morgan fingerprint density at radius 3 is 2.25 bits per heavy atom. The molecule has 1 N–H and O–H groups in total. The van der Waals surface area contributed by atoms with Gasteiger partial charge in [0.15, 0.2) is 5.60 Å². The Kier molecular flexibility index (Phi) is 4.53. The second-order valence-corrected chi connectivity index (χ2v) is 6.91. The van der Waals surface area contributed by atoms with Crippen LogP contribution in [0.15, 0.2) is 78.9 Å². The molecule has 0 spiro atoms. The molecule has 6 heteroatoms. The molecule has 28 heavy (non-hydrogen) atoms. The Morgan fingerprint density at radius 1 is 0.893 bits per heavy atom. The van der Waals surface area contributed by atoms with Gasteiger partial charge in [-0.1, -0.05) is 36.4 Å². The summed E-state index contributed by atoms with van der Waals surface area (Å²) in [4.78, 5) is 14.3. The van der Waals surface area contributed by atoms with E-state index in [1.165, 1.54) is 0 Å². The van der Waals surface area contributed by atoms with Crippen molar-refractivity contribution in [2.24, 2.45) is 0 Å². The van der Waals surface area contributed by atoms with Gasteiger partial charge in [-0.3, -0.25) is 4.79 Å². The van der Waals surface area contributed by atoms with Crippen LogP contribution in [0.2, 0.25) is 0 Å². The molecule has 0 unspecified atom stereocenters. The minimum Gasteiger partial charge on any atom is -0.478 e. The van der Waals surface area contributed by atoms with Gasteiger partial charge in [0.05, 0.1) is 5.69 Å². The van der Waals surface area contributed by atoms with Crippen LogP contribution in [0.25, 0.3) is 16.7 Å². The zero-order valence-electron chi connectivity index (χ0n) is 15.7. The molecule has 1 aromatic heterocycles. The van der Waals surface area contributed by atoms with E-state index in [4.69, 9.17) is 4.74 Å². The summed E-state index contributed by atoms with van der Waals surface area (Å²) in [5, 5.41) is 11.9. The van der Waals surface area contributed by atoms with Crippen LogP contribution >= 0.6 is 0 Å². The van der Waals surface area contributed by atoms with Crippen LogP contribution in [0.5, 0.6) is 5.75 Å². The van der Waals surface area contributed by atoms with Crippen molar-refractivity contribution in [3.05, 3.63) is 78.9 Å². The maximum absolute atomic E-state index is 12.7. The first-order chi connectivity index (χ1) is 13.5. The zero-order valence-corrected chi connectivity index (χ0v) is 15.7. The monoisotopic (exact) mass is 372 g/mol. The van der Waals surface area contributed by atoms with E-state index in [0.717, 1.165) is 11.2 Å². The molecule has 1 heterocycles. The first-order valence-electron chi connectivity index (χ1n) is 8.99. The molecule has 0 radical (unpaired) electrons. The van der Waals surface area contributed by atoms with Crippen molar-refractivity contribution in [1.82, 2.24) is 15.0 Å². The Labute approximate surface area is 162 Å². The van der Waals surface area contributed by atoms with Gasteiger partial charge in [-0.25, -0.2) is 0 Å². The first-order valence-corrected chi connectivity index (χ1v) is 8.99. The number of aromatic nitrogens is 3. The maximum Gasteiger partial charge on any atom is 0.267 e. The van der Waals surface area contributed by atoms with E-state index in [1.807, 2.05) is 72.8 Å². The smallest absolute Gasteiger partial charge is 0.267 e. The molecule has 0 saturated heterocycles. The van der Waals surface area contributed by atoms with Crippen molar-refractivity contribution < 1.29 is 9.53 Å². The second kappa shape index (κ2) is 7.15. The minimum absolute atomic E-state index is 0.244. The summed E-state index contributed by atoms with van der Waals surface area (Å²) in [6.07, 6.45) is 0. The van der Waals surface area contributed by atoms with Crippen molar-refractivity contribution in [2.45, 2.75) is 19.4 Å². The van der Waals surface area contributed by atoms with Gasteiger partial charge in [0.2, 0.25) is 0 Å². The molecule has 0 saturated carbocycles. The molecule has 4 aromatic rings. The molecule has 0 aliphatic rings. The third kappa shape index (κ3) is 3.71. The number of nitrogens with one attached hydrogen (secondary N) is 1. The number of carbonyl (C=O) groups is 1. The predicted molar refractivity (Wildman–Crippen MR) is 109 cm³/mol. The standard InChI is InChI=1S/C22H20N4O2/c1-22(2,28-18-11-7-4-8-12-18)21(27)23-16-13-14-19-20(15-16)25-26(24-19)17-9-5-3-6-10-17/h3-15H,1-2H3,(H,23,27). The fourth-order valence-electron chi connectivity index (χ4n) is 2.78. The van der Waals surface area contributed by atoms with Gasteiger partial charge in [0, 0.05) is 5.69 Å². The molecule has 0 fully saturated rings. The number of anilines is 1. The van der Waals surface area contributed by atoms with E-state index < -0.39 is 5.60 Å². The second-order valence-electron chi connectivity index (χ2n) is 6.91. The highest BCUT2D eigenvalue weighted by molar-refractivity contribution is 5.98. The molecular weight excluding hydrogens is 352 g/mol. The van der Waals surface area contributed by atoms with Crippen LogP contribution in [0.4, 0.5) is 5.69 Å². The van der Waals surface area contributed by atoms with Gasteiger partial charge >= 0.3 is 0 Å². The van der Waals surface area contributed by atoms with E-state index in [2.05, 4.69) is 15.5 Å². The van der Waals surface area contributed by atoms with Gasteiger partial charge in [0.1, 0.15) is 16.8 Å². The molecule has 140 valence electrons. The normalized spacial score (nSPS) is 11.4. The van der Waals surface area contributed by atoms with Crippen molar-refractivity contribution in [3.8, 4) is 11.4 Å². The van der Waals surface area contributed by atoms with Gasteiger partial charge in [-0.15, -0.1) is 10.2 Å². The lowest BCUT2D eigenvalue weighted by Gasteiger charge is -2.25. The Morgan fingerprint density at radius 2 is 1.54 bits per heavy atom. The third-order valence-electron chi connectivity index (χ3n) is 4.29. The van der Waals surface area contributed by atoms with Crippen LogP contribution in [-0.4, -0.2) is 26.5 Å². The van der Waals surface area contributed by atoms with Gasteiger partial charge in [0.25, 0.3) is 5.91 Å². The van der Waals surface area contributed by atoms with Crippen molar-refractivity contribution in [3.63, 3.8) is 0 Å². The average Bonchev–Trinajstić information content (AvgIpc) is 3.12. The lowest BCUT2D eigenvalue weighted by Crippen LogP contribution is -2.42. The van der Waals surface area contributed by atoms with Crippen molar-refractivity contribution >= 4 is 22.6 Å². The fraction of sp³-hybridized carbons (Fsp3) is 0.136. The Hall–Kier alpha value is -3.67. The largest absolute Gasteiger partial charge is 0.478 e. The fourth-order valence-corrected chi connectivity index (χ4v) is 2.78. The lowest BCUT2D eigenvalue weighted by atomic mass is 10.1. The number of ether oxygens (including phenoxy) is 1. The molecule has 6 nitrogen and oxygen atoms in total. The molecule has 3 aromatic carbocycles. The van der Waals surface area contributed by atoms with E-state index in [-0.39, 0.29) is 5.91 Å². The zero-order chi connectivity index (χ0) is 19.6. The molecule has 1 amide bonds. The topological polar surface area (TPSA) is 69.0 Å². The van der Waals surface area contributed by atoms with Crippen LogP contribution in [0, 0.1) is 0 Å². The summed E-state index contributed by atoms with van der Waals surface area (Å²) >= 11 is 0. The summed E-state index contributed by atoms with van der Waals surface area (Å²) in [6.45, 7) is 3.47. The van der Waals surface area contributed by atoms with Crippen molar-refractivity contribution in [1.29, 1.82) is 0 Å². The highest BCUT2D eigenvalue weighted by Gasteiger charge is 2.30. The highest BCUT2D eigenvalue weighted by Crippen LogP contribution is 2.22. The van der Waals surface area contributed by atoms with Crippen LogP contribution in [0.3, 0.4) is 0 Å². The van der Waals surface area contributed by atoms with E-state index in [9.17, 15) is 4.79 Å². The number of carbonyl (C=O) groups excluding carboxylic acids is 1. The SMILES string of the molecule is CC(C)(Oc1ccccc1)C(=O)Nc1ccc2nn(-c3ccccc3)nc2c1. The number of fused-ring (bicyclic) bond motifs is 1. The lowest BCUT2D eigenvalue weighted by molar-refractivity contribution is -0.128. The van der Waals surface area contributed by atoms with Crippen LogP contribution in [0.1, 0.15) is 13.8 Å². The van der Waals surface area contributed by atoms with E-state index >= 15 is 0 Å². The summed E-state index contributed by atoms with van der Waals surface area (Å²) < 4.78 is 5.84. The molecule has 4 rings (SSSR count). The molecular formula is C22H20N4O2. The third-order valence-corrected chi connectivity index (χ3v) is 4.29. The van der Waals surface area contributed by atoms with Gasteiger partial charge in [-0.2, -0.15) is 4.80 Å². The van der Waals surface area contributed by atoms with Crippen molar-refractivity contribution in [2.75, 3.05) is 5.32 Å². The average molecular weight is 372 g/mol. The number of hydrogen-bond acceptors (Lipinski definition) is 4. The summed E-state index contributed by atoms with van der Waals surface area (Å²) in [7, 11) is 0. The number of para-hydroxylation sites is 2. The highest BCUT2D eigenvalue weighted by atomic mass is 16.5. The maximum atomic E-state index is 12.7. The number of hydrogen-bond donors (Lipinski definition) is 1. The number of nitrogens with zero attached hydrogens (tertiary/aromatic N) is 3. The summed E-state index contributed by atoms with van der Waals surface area (Å²) in [6, 6.07) is 24.4. The number of rotatable bonds is 5. The van der Waals surface area contributed by atoms with Crippen LogP contribution < -0.4 is 10.1 Å². The molecule has 0 aliphatic carbocycles. The number of amides is 1. The van der Waals surface area contributed by atoms with E-state index in [0.29, 0.717) is 17.0 Å². The Bertz CT molecular complexity index is 1110. The van der Waals surface area contributed by atoms with E-state index in [1.54, 1.807) is 24.7 Å². The summed E-state index contributed by atoms with van der Waals surface area (Å²) in [5.41, 5.74) is 1.94. The molecule has 0 atom stereocenters. The summed E-state index contributed by atoms with van der Waals surface area (Å²) in [5.74, 6) is 0.398. The molecule has 0 bridgehead atoms. The molecule has 0 aliphatic heterocycles. The van der Waals surface area contributed by atoms with Gasteiger partial charge < -0.3 is 10.1 Å². The van der Waals surface area contributed by atoms with Crippen LogP contribution in [-0.2, 0) is 4.79 Å². The minimum atomic E-state index is -1.03.